The smallest absolute Gasteiger partial charge is 0.225 e. The van der Waals surface area contributed by atoms with Gasteiger partial charge in [-0.15, -0.1) is 0 Å². The molecule has 0 aliphatic carbocycles. The van der Waals surface area contributed by atoms with Gasteiger partial charge >= 0.3 is 0 Å². The van der Waals surface area contributed by atoms with Crippen LogP contribution in [-0.2, 0) is 16.0 Å². The normalized spacial score (nSPS) is 19.8. The van der Waals surface area contributed by atoms with Crippen LogP contribution >= 0.6 is 0 Å². The van der Waals surface area contributed by atoms with Gasteiger partial charge in [0.05, 0.1) is 5.92 Å². The molecule has 0 aromatic heterocycles. The molecule has 1 heterocycles. The summed E-state index contributed by atoms with van der Waals surface area (Å²) in [4.78, 5) is 23.1. The zero-order chi connectivity index (χ0) is 15.4. The fourth-order valence-electron chi connectivity index (χ4n) is 2.40. The summed E-state index contributed by atoms with van der Waals surface area (Å²) >= 11 is 0. The van der Waals surface area contributed by atoms with Crippen LogP contribution in [-0.4, -0.2) is 24.4 Å². The summed E-state index contributed by atoms with van der Waals surface area (Å²) in [5.41, 5.74) is -0.0257. The van der Waals surface area contributed by atoms with E-state index >= 15 is 0 Å². The average molecular weight is 296 g/mol. The first-order valence-corrected chi connectivity index (χ1v) is 6.97. The van der Waals surface area contributed by atoms with Gasteiger partial charge in [0.25, 0.3) is 0 Å². The summed E-state index contributed by atoms with van der Waals surface area (Å²) in [5.74, 6) is -1.75. The lowest BCUT2D eigenvalue weighted by Crippen LogP contribution is -2.45. The third-order valence-corrected chi connectivity index (χ3v) is 3.60. The van der Waals surface area contributed by atoms with Crippen LogP contribution < -0.4 is 10.6 Å². The van der Waals surface area contributed by atoms with Crippen LogP contribution in [0, 0.1) is 17.6 Å². The van der Waals surface area contributed by atoms with Gasteiger partial charge in [0.1, 0.15) is 11.6 Å². The summed E-state index contributed by atoms with van der Waals surface area (Å²) in [6, 6.07) is 3.32. The number of piperidine rings is 1. The molecule has 1 fully saturated rings. The zero-order valence-corrected chi connectivity index (χ0v) is 11.8. The van der Waals surface area contributed by atoms with Crippen LogP contribution in [0.5, 0.6) is 0 Å². The number of hydrogen-bond acceptors (Lipinski definition) is 2. The Morgan fingerprint density at radius 3 is 2.67 bits per heavy atom. The first-order valence-electron chi connectivity index (χ1n) is 6.97. The van der Waals surface area contributed by atoms with E-state index in [4.69, 9.17) is 0 Å². The predicted molar refractivity (Wildman–Crippen MR) is 73.4 cm³/mol. The van der Waals surface area contributed by atoms with E-state index in [0.717, 1.165) is 0 Å². The average Bonchev–Trinajstić information content (AvgIpc) is 2.43. The van der Waals surface area contributed by atoms with Gasteiger partial charge in [0, 0.05) is 24.6 Å². The highest BCUT2D eigenvalue weighted by Gasteiger charge is 2.25. The molecule has 2 unspecified atom stereocenters. The fourth-order valence-corrected chi connectivity index (χ4v) is 2.40. The van der Waals surface area contributed by atoms with Crippen molar-refractivity contribution in [1.29, 1.82) is 0 Å². The molecular formula is C15H18F2N2O2. The second-order valence-electron chi connectivity index (χ2n) is 5.35. The van der Waals surface area contributed by atoms with Gasteiger partial charge in [0.2, 0.25) is 11.8 Å². The fraction of sp³-hybridized carbons (Fsp3) is 0.467. The second-order valence-corrected chi connectivity index (χ2v) is 5.35. The highest BCUT2D eigenvalue weighted by molar-refractivity contribution is 5.83. The zero-order valence-electron chi connectivity index (χ0n) is 11.8. The number of hydrogen-bond donors (Lipinski definition) is 2. The molecule has 1 saturated heterocycles. The van der Waals surface area contributed by atoms with Crippen LogP contribution in [0.15, 0.2) is 18.2 Å². The monoisotopic (exact) mass is 296 g/mol. The number of rotatable bonds is 4. The second kappa shape index (κ2) is 6.65. The van der Waals surface area contributed by atoms with E-state index in [1.807, 2.05) is 0 Å². The molecule has 2 N–H and O–H groups in total. The molecule has 0 bridgehead atoms. The van der Waals surface area contributed by atoms with Crippen molar-refractivity contribution in [3.8, 4) is 0 Å². The first-order chi connectivity index (χ1) is 9.97. The van der Waals surface area contributed by atoms with Crippen molar-refractivity contribution in [3.63, 3.8) is 0 Å². The Hall–Kier alpha value is -1.98. The molecule has 0 spiro atoms. The number of halogens is 2. The van der Waals surface area contributed by atoms with E-state index < -0.39 is 11.6 Å². The van der Waals surface area contributed by atoms with Crippen LogP contribution in [0.3, 0.4) is 0 Å². The molecular weight excluding hydrogens is 278 g/mol. The summed E-state index contributed by atoms with van der Waals surface area (Å²) in [6.07, 6.45) is 0.913. The lowest BCUT2D eigenvalue weighted by molar-refractivity contribution is -0.129. The SMILES string of the molecule is CC(Cc1c(F)cccc1F)NC(=O)C1CCC(=O)NC1. The molecule has 0 saturated carbocycles. The molecule has 2 rings (SSSR count). The number of nitrogens with one attached hydrogen (secondary N) is 2. The highest BCUT2D eigenvalue weighted by Crippen LogP contribution is 2.15. The minimum absolute atomic E-state index is 0.0257. The largest absolute Gasteiger partial charge is 0.355 e. The molecule has 21 heavy (non-hydrogen) atoms. The van der Waals surface area contributed by atoms with Crippen LogP contribution in [0.25, 0.3) is 0 Å². The third kappa shape index (κ3) is 4.00. The summed E-state index contributed by atoms with van der Waals surface area (Å²) in [6.45, 7) is 2.01. The molecule has 1 aliphatic rings. The van der Waals surface area contributed by atoms with E-state index in [2.05, 4.69) is 10.6 Å². The first kappa shape index (κ1) is 15.4. The lowest BCUT2D eigenvalue weighted by Gasteiger charge is -2.24. The molecule has 0 radical (unpaired) electrons. The third-order valence-electron chi connectivity index (χ3n) is 3.60. The maximum absolute atomic E-state index is 13.5. The van der Waals surface area contributed by atoms with Gasteiger partial charge in [-0.3, -0.25) is 9.59 Å². The minimum Gasteiger partial charge on any atom is -0.355 e. The quantitative estimate of drug-likeness (QED) is 0.885. The molecule has 1 aromatic rings. The van der Waals surface area contributed by atoms with Crippen molar-refractivity contribution < 1.29 is 18.4 Å². The standard InChI is InChI=1S/C15H18F2N2O2/c1-9(7-11-12(16)3-2-4-13(11)17)19-15(21)10-5-6-14(20)18-8-10/h2-4,9-10H,5-8H2,1H3,(H,18,20)(H,19,21). The molecule has 2 amide bonds. The van der Waals surface area contributed by atoms with Gasteiger partial charge in [-0.25, -0.2) is 8.78 Å². The Labute approximate surface area is 121 Å². The van der Waals surface area contributed by atoms with Crippen LogP contribution in [0.1, 0.15) is 25.3 Å². The number of benzene rings is 1. The molecule has 6 heteroatoms. The van der Waals surface area contributed by atoms with Crippen molar-refractivity contribution in [2.24, 2.45) is 5.92 Å². The van der Waals surface area contributed by atoms with E-state index in [1.165, 1.54) is 18.2 Å². The van der Waals surface area contributed by atoms with Crippen molar-refractivity contribution in [1.82, 2.24) is 10.6 Å². The van der Waals surface area contributed by atoms with E-state index in [1.54, 1.807) is 6.92 Å². The Morgan fingerprint density at radius 1 is 1.43 bits per heavy atom. The Kier molecular flexibility index (Phi) is 4.88. The molecule has 1 aliphatic heterocycles. The number of carbonyl (C=O) groups excluding carboxylic acids is 2. The minimum atomic E-state index is -0.610. The Bertz CT molecular complexity index is 518. The van der Waals surface area contributed by atoms with Gasteiger partial charge in [-0.05, 0) is 31.9 Å². The van der Waals surface area contributed by atoms with E-state index in [9.17, 15) is 18.4 Å². The number of amides is 2. The molecule has 4 nitrogen and oxygen atoms in total. The van der Waals surface area contributed by atoms with Crippen molar-refractivity contribution in [2.75, 3.05) is 6.54 Å². The predicted octanol–water partition coefficient (Wildman–Crippen LogP) is 1.54. The van der Waals surface area contributed by atoms with Gasteiger partial charge < -0.3 is 10.6 Å². The van der Waals surface area contributed by atoms with E-state index in [0.29, 0.717) is 19.4 Å². The number of carbonyl (C=O) groups is 2. The Balaban J connectivity index is 1.91. The summed E-state index contributed by atoms with van der Waals surface area (Å²) < 4.78 is 27.1. The summed E-state index contributed by atoms with van der Waals surface area (Å²) in [5, 5.41) is 5.38. The van der Waals surface area contributed by atoms with Gasteiger partial charge in [0.15, 0.2) is 0 Å². The molecule has 114 valence electrons. The maximum atomic E-state index is 13.5. The maximum Gasteiger partial charge on any atom is 0.225 e. The Morgan fingerprint density at radius 2 is 2.10 bits per heavy atom. The van der Waals surface area contributed by atoms with E-state index in [-0.39, 0.29) is 35.8 Å². The van der Waals surface area contributed by atoms with Gasteiger partial charge in [-0.2, -0.15) is 0 Å². The molecule has 1 aromatic carbocycles. The lowest BCUT2D eigenvalue weighted by atomic mass is 9.97. The van der Waals surface area contributed by atoms with Crippen LogP contribution in [0.4, 0.5) is 8.78 Å². The van der Waals surface area contributed by atoms with Crippen LogP contribution in [0.2, 0.25) is 0 Å². The topological polar surface area (TPSA) is 58.2 Å². The van der Waals surface area contributed by atoms with Crippen molar-refractivity contribution in [3.05, 3.63) is 35.4 Å². The van der Waals surface area contributed by atoms with Gasteiger partial charge in [-0.1, -0.05) is 6.07 Å². The molecule has 2 atom stereocenters. The highest BCUT2D eigenvalue weighted by atomic mass is 19.1. The van der Waals surface area contributed by atoms with Crippen molar-refractivity contribution >= 4 is 11.8 Å². The van der Waals surface area contributed by atoms with Crippen molar-refractivity contribution in [2.45, 2.75) is 32.2 Å². The summed E-state index contributed by atoms with van der Waals surface area (Å²) in [7, 11) is 0.